The molecule has 35 heavy (non-hydrogen) atoms. The molecule has 4 aromatic rings. The quantitative estimate of drug-likeness (QED) is 0.402. The van der Waals surface area contributed by atoms with Crippen molar-refractivity contribution in [3.8, 4) is 17.5 Å². The maximum atomic E-state index is 13.9. The molecule has 1 aliphatic heterocycles. The van der Waals surface area contributed by atoms with Crippen LogP contribution in [0.2, 0.25) is 0 Å². The Kier molecular flexibility index (Phi) is 5.63. The van der Waals surface area contributed by atoms with Crippen molar-refractivity contribution in [2.45, 2.75) is 33.4 Å². The fourth-order valence-electron chi connectivity index (χ4n) is 4.47. The third-order valence-corrected chi connectivity index (χ3v) is 6.10. The molecule has 0 bridgehead atoms. The van der Waals surface area contributed by atoms with E-state index in [1.54, 1.807) is 16.2 Å². The lowest BCUT2D eigenvalue weighted by molar-refractivity contribution is 0.253. The highest BCUT2D eigenvalue weighted by atomic mass is 16.3. The first-order valence-electron chi connectivity index (χ1n) is 11.4. The van der Waals surface area contributed by atoms with Gasteiger partial charge in [-0.1, -0.05) is 42.3 Å². The summed E-state index contributed by atoms with van der Waals surface area (Å²) in [5.41, 5.74) is 10.7. The van der Waals surface area contributed by atoms with Gasteiger partial charge in [-0.2, -0.15) is 5.10 Å². The van der Waals surface area contributed by atoms with E-state index < -0.39 is 6.10 Å². The smallest absolute Gasteiger partial charge is 0.263 e. The minimum atomic E-state index is -0.805. The molecule has 2 aromatic heterocycles. The second kappa shape index (κ2) is 8.78. The molecule has 176 valence electrons. The minimum absolute atomic E-state index is 0.0749. The standard InChI is InChI=1S/C27H26N6O2/c1-16-7-4-5-10-22(16)33-20(13-19-9-6-8-17(2)23(19)27(33)35)14-32-26-24(25(28)29-15-30-26)21(31-32)12-11-18(3)34/h4-10,13,18,30,34H,14-15H2,1-3H3,(H2,28,29)/t18-/m1/s1. The van der Waals surface area contributed by atoms with Crippen LogP contribution in [0.3, 0.4) is 0 Å². The number of fused-ring (bicyclic) bond motifs is 2. The van der Waals surface area contributed by atoms with Crippen LogP contribution in [0.15, 0.2) is 58.3 Å². The van der Waals surface area contributed by atoms with E-state index in [9.17, 15) is 9.90 Å². The molecule has 0 saturated heterocycles. The monoisotopic (exact) mass is 466 g/mol. The van der Waals surface area contributed by atoms with Crippen LogP contribution in [0.4, 0.5) is 5.82 Å². The van der Waals surface area contributed by atoms with Crippen LogP contribution < -0.4 is 16.6 Å². The third-order valence-electron chi connectivity index (χ3n) is 6.10. The lowest BCUT2D eigenvalue weighted by atomic mass is 10.1. The van der Waals surface area contributed by atoms with Crippen molar-refractivity contribution >= 4 is 22.4 Å². The van der Waals surface area contributed by atoms with E-state index in [2.05, 4.69) is 27.2 Å². The van der Waals surface area contributed by atoms with Crippen LogP contribution in [-0.4, -0.2) is 38.1 Å². The number of para-hydroxylation sites is 1. The number of hydrogen-bond donors (Lipinski definition) is 3. The fourth-order valence-corrected chi connectivity index (χ4v) is 4.47. The van der Waals surface area contributed by atoms with Gasteiger partial charge in [-0.3, -0.25) is 9.36 Å². The molecule has 0 fully saturated rings. The Hall–Kier alpha value is -4.35. The van der Waals surface area contributed by atoms with Gasteiger partial charge in [0.25, 0.3) is 5.56 Å². The molecule has 0 unspecified atom stereocenters. The van der Waals surface area contributed by atoms with Crippen molar-refractivity contribution in [1.82, 2.24) is 14.3 Å². The number of pyridine rings is 1. The van der Waals surface area contributed by atoms with E-state index in [0.717, 1.165) is 27.9 Å². The number of amidine groups is 1. The van der Waals surface area contributed by atoms with Gasteiger partial charge in [0.15, 0.2) is 0 Å². The Morgan fingerprint density at radius 2 is 1.94 bits per heavy atom. The second-order valence-corrected chi connectivity index (χ2v) is 8.66. The fraction of sp³-hybridized carbons (Fsp3) is 0.222. The van der Waals surface area contributed by atoms with Crippen LogP contribution >= 0.6 is 0 Å². The Morgan fingerprint density at radius 3 is 2.71 bits per heavy atom. The number of nitrogens with two attached hydrogens (primary N) is 1. The molecular formula is C27H26N6O2. The van der Waals surface area contributed by atoms with E-state index in [4.69, 9.17) is 5.73 Å². The molecule has 1 aliphatic rings. The molecule has 5 rings (SSSR count). The Labute approximate surface area is 202 Å². The zero-order valence-corrected chi connectivity index (χ0v) is 19.8. The summed E-state index contributed by atoms with van der Waals surface area (Å²) < 4.78 is 3.52. The van der Waals surface area contributed by atoms with Crippen molar-refractivity contribution in [3.05, 3.63) is 87.0 Å². The van der Waals surface area contributed by atoms with E-state index in [1.807, 2.05) is 62.4 Å². The normalized spacial score (nSPS) is 13.4. The number of nitrogens with zero attached hydrogens (tertiary/aromatic N) is 4. The number of aliphatic hydroxyl groups is 1. The van der Waals surface area contributed by atoms with E-state index in [0.29, 0.717) is 41.5 Å². The van der Waals surface area contributed by atoms with Crippen LogP contribution in [0, 0.1) is 25.7 Å². The van der Waals surface area contributed by atoms with Gasteiger partial charge in [0, 0.05) is 5.69 Å². The molecular weight excluding hydrogens is 440 g/mol. The highest BCUT2D eigenvalue weighted by Gasteiger charge is 2.24. The first-order valence-corrected chi connectivity index (χ1v) is 11.4. The highest BCUT2D eigenvalue weighted by molar-refractivity contribution is 6.04. The van der Waals surface area contributed by atoms with Gasteiger partial charge >= 0.3 is 0 Å². The molecule has 8 nitrogen and oxygen atoms in total. The molecule has 8 heteroatoms. The molecule has 1 atom stereocenters. The molecule has 0 spiro atoms. The topological polar surface area (TPSA) is 110 Å². The van der Waals surface area contributed by atoms with Crippen molar-refractivity contribution in [3.63, 3.8) is 0 Å². The average molecular weight is 467 g/mol. The molecule has 2 aromatic carbocycles. The zero-order valence-electron chi connectivity index (χ0n) is 19.8. The first-order chi connectivity index (χ1) is 16.8. The number of nitrogens with one attached hydrogen (secondary N) is 1. The number of benzene rings is 2. The zero-order chi connectivity index (χ0) is 24.7. The number of hydrogen-bond acceptors (Lipinski definition) is 6. The van der Waals surface area contributed by atoms with Gasteiger partial charge in [0.1, 0.15) is 30.1 Å². The number of aromatic nitrogens is 3. The SMILES string of the molecule is Cc1ccccc1-n1c(Cn2nc(C#C[C@@H](C)O)c3c2NCN=C3N)cc2cccc(C)c2c1=O. The summed E-state index contributed by atoms with van der Waals surface area (Å²) in [5.74, 6) is 6.66. The van der Waals surface area contributed by atoms with Gasteiger partial charge in [0.05, 0.1) is 23.2 Å². The van der Waals surface area contributed by atoms with Crippen molar-refractivity contribution < 1.29 is 5.11 Å². The molecule has 3 heterocycles. The minimum Gasteiger partial charge on any atom is -0.383 e. The predicted octanol–water partition coefficient (Wildman–Crippen LogP) is 2.67. The Morgan fingerprint density at radius 1 is 1.17 bits per heavy atom. The molecule has 0 amide bonds. The summed E-state index contributed by atoms with van der Waals surface area (Å²) >= 11 is 0. The Bertz CT molecular complexity index is 1610. The third kappa shape index (κ3) is 3.96. The molecule has 0 radical (unpaired) electrons. The van der Waals surface area contributed by atoms with E-state index in [1.165, 1.54) is 0 Å². The lowest BCUT2D eigenvalue weighted by Gasteiger charge is -2.19. The van der Waals surface area contributed by atoms with Crippen LogP contribution in [0.1, 0.15) is 35.0 Å². The van der Waals surface area contributed by atoms with Gasteiger partial charge < -0.3 is 16.2 Å². The predicted molar refractivity (Wildman–Crippen MR) is 138 cm³/mol. The summed E-state index contributed by atoms with van der Waals surface area (Å²) in [6, 6.07) is 15.7. The van der Waals surface area contributed by atoms with Crippen LogP contribution in [0.25, 0.3) is 16.5 Å². The highest BCUT2D eigenvalue weighted by Crippen LogP contribution is 2.26. The van der Waals surface area contributed by atoms with Gasteiger partial charge in [-0.15, -0.1) is 0 Å². The Balaban J connectivity index is 1.75. The second-order valence-electron chi connectivity index (χ2n) is 8.66. The maximum absolute atomic E-state index is 13.9. The summed E-state index contributed by atoms with van der Waals surface area (Å²) in [7, 11) is 0. The van der Waals surface area contributed by atoms with E-state index in [-0.39, 0.29) is 5.56 Å². The van der Waals surface area contributed by atoms with Crippen LogP contribution in [0.5, 0.6) is 0 Å². The maximum Gasteiger partial charge on any atom is 0.263 e. The van der Waals surface area contributed by atoms with Gasteiger partial charge in [-0.05, 0) is 55.3 Å². The first kappa shape index (κ1) is 22.4. The largest absolute Gasteiger partial charge is 0.383 e. The summed E-state index contributed by atoms with van der Waals surface area (Å²) in [6.45, 7) is 6.15. The van der Waals surface area contributed by atoms with Crippen molar-refractivity contribution in [2.24, 2.45) is 10.7 Å². The van der Waals surface area contributed by atoms with Gasteiger partial charge in [0.2, 0.25) is 0 Å². The number of anilines is 1. The lowest BCUT2D eigenvalue weighted by Crippen LogP contribution is -2.26. The van der Waals surface area contributed by atoms with Gasteiger partial charge in [-0.25, -0.2) is 9.67 Å². The van der Waals surface area contributed by atoms with Crippen LogP contribution in [-0.2, 0) is 6.54 Å². The molecule has 4 N–H and O–H groups in total. The van der Waals surface area contributed by atoms with E-state index >= 15 is 0 Å². The summed E-state index contributed by atoms with van der Waals surface area (Å²) in [5, 5.41) is 19.1. The number of aliphatic hydroxyl groups excluding tert-OH is 1. The molecule has 0 saturated carbocycles. The number of aliphatic imine (C=N–C) groups is 1. The molecule has 0 aliphatic carbocycles. The summed E-state index contributed by atoms with van der Waals surface area (Å²) in [4.78, 5) is 18.1. The average Bonchev–Trinajstić information content (AvgIpc) is 3.17. The summed E-state index contributed by atoms with van der Waals surface area (Å²) in [6.07, 6.45) is -0.805. The van der Waals surface area contributed by atoms with Crippen molar-refractivity contribution in [2.75, 3.05) is 12.0 Å². The number of aryl methyl sites for hydroxylation is 2. The van der Waals surface area contributed by atoms with Crippen molar-refractivity contribution in [1.29, 1.82) is 0 Å². The number of rotatable bonds is 3.